The van der Waals surface area contributed by atoms with Crippen molar-refractivity contribution < 1.29 is 9.53 Å². The van der Waals surface area contributed by atoms with Crippen LogP contribution < -0.4 is 0 Å². The molecule has 4 heteroatoms. The standard InChI is InChI=1S/C9H10BrNO2/c1-6-3-7(9(12)13-2)4-8(5-10)11-6/h3-4H,5H2,1-2H3. The molecule has 0 radical (unpaired) electrons. The Labute approximate surface area is 85.3 Å². The van der Waals surface area contributed by atoms with E-state index in [9.17, 15) is 4.79 Å². The number of rotatable bonds is 2. The van der Waals surface area contributed by atoms with Gasteiger partial charge in [-0.3, -0.25) is 4.98 Å². The first-order valence-electron chi connectivity index (χ1n) is 3.79. The second-order valence-electron chi connectivity index (χ2n) is 2.61. The molecule has 0 unspecified atom stereocenters. The fourth-order valence-electron chi connectivity index (χ4n) is 1.04. The minimum atomic E-state index is -0.326. The van der Waals surface area contributed by atoms with Crippen LogP contribution in [0.25, 0.3) is 0 Å². The average molecular weight is 244 g/mol. The SMILES string of the molecule is COC(=O)c1cc(C)nc(CBr)c1. The first-order chi connectivity index (χ1) is 6.17. The lowest BCUT2D eigenvalue weighted by molar-refractivity contribution is 0.0600. The number of aryl methyl sites for hydroxylation is 1. The number of aromatic nitrogens is 1. The monoisotopic (exact) mass is 243 g/mol. The zero-order valence-electron chi connectivity index (χ0n) is 7.50. The molecule has 3 nitrogen and oxygen atoms in total. The third kappa shape index (κ3) is 2.52. The third-order valence-electron chi connectivity index (χ3n) is 1.56. The van der Waals surface area contributed by atoms with E-state index in [2.05, 4.69) is 25.7 Å². The molecule has 0 fully saturated rings. The van der Waals surface area contributed by atoms with E-state index >= 15 is 0 Å². The topological polar surface area (TPSA) is 39.2 Å². The van der Waals surface area contributed by atoms with Crippen LogP contribution in [0, 0.1) is 6.92 Å². The lowest BCUT2D eigenvalue weighted by Crippen LogP contribution is -2.03. The second-order valence-corrected chi connectivity index (χ2v) is 3.17. The van der Waals surface area contributed by atoms with Crippen molar-refractivity contribution in [1.29, 1.82) is 0 Å². The van der Waals surface area contributed by atoms with Gasteiger partial charge in [0.05, 0.1) is 18.4 Å². The molecule has 70 valence electrons. The highest BCUT2D eigenvalue weighted by Gasteiger charge is 2.07. The van der Waals surface area contributed by atoms with Gasteiger partial charge in [0.15, 0.2) is 0 Å². The highest BCUT2D eigenvalue weighted by molar-refractivity contribution is 9.08. The first-order valence-corrected chi connectivity index (χ1v) is 4.91. The molecule has 1 rings (SSSR count). The molecule has 0 N–H and O–H groups in total. The van der Waals surface area contributed by atoms with E-state index in [-0.39, 0.29) is 5.97 Å². The van der Waals surface area contributed by atoms with Crippen LogP contribution in [0.15, 0.2) is 12.1 Å². The number of ether oxygens (including phenoxy) is 1. The molecule has 0 saturated carbocycles. The van der Waals surface area contributed by atoms with Gasteiger partial charge in [0.2, 0.25) is 0 Å². The summed E-state index contributed by atoms with van der Waals surface area (Å²) in [5.41, 5.74) is 2.20. The van der Waals surface area contributed by atoms with Gasteiger partial charge < -0.3 is 4.74 Å². The van der Waals surface area contributed by atoms with Crippen LogP contribution in [0.1, 0.15) is 21.7 Å². The number of methoxy groups -OCH3 is 1. The third-order valence-corrected chi connectivity index (χ3v) is 2.14. The minimum absolute atomic E-state index is 0.326. The number of pyridine rings is 1. The molecule has 0 atom stereocenters. The van der Waals surface area contributed by atoms with E-state index in [0.717, 1.165) is 11.4 Å². The molecular weight excluding hydrogens is 234 g/mol. The van der Waals surface area contributed by atoms with Crippen molar-refractivity contribution >= 4 is 21.9 Å². The normalized spacial score (nSPS) is 9.77. The predicted octanol–water partition coefficient (Wildman–Crippen LogP) is 2.07. The number of esters is 1. The Balaban J connectivity index is 3.08. The zero-order chi connectivity index (χ0) is 9.84. The van der Waals surface area contributed by atoms with Crippen LogP contribution >= 0.6 is 15.9 Å². The lowest BCUT2D eigenvalue weighted by atomic mass is 10.2. The predicted molar refractivity (Wildman–Crippen MR) is 52.9 cm³/mol. The first kappa shape index (κ1) is 10.2. The van der Waals surface area contributed by atoms with Gasteiger partial charge in [-0.1, -0.05) is 15.9 Å². The van der Waals surface area contributed by atoms with Crippen molar-refractivity contribution in [3.63, 3.8) is 0 Å². The molecule has 0 bridgehead atoms. The van der Waals surface area contributed by atoms with Crippen LogP contribution in [-0.2, 0) is 10.1 Å². The van der Waals surface area contributed by atoms with E-state index in [0.29, 0.717) is 10.9 Å². The number of nitrogens with zero attached hydrogens (tertiary/aromatic N) is 1. The summed E-state index contributed by atoms with van der Waals surface area (Å²) >= 11 is 3.28. The van der Waals surface area contributed by atoms with Crippen molar-refractivity contribution in [2.75, 3.05) is 7.11 Å². The molecule has 0 aliphatic carbocycles. The van der Waals surface area contributed by atoms with Crippen LogP contribution in [0.5, 0.6) is 0 Å². The molecule has 1 heterocycles. The molecular formula is C9H10BrNO2. The van der Waals surface area contributed by atoms with Crippen LogP contribution in [-0.4, -0.2) is 18.1 Å². The summed E-state index contributed by atoms with van der Waals surface area (Å²) in [7, 11) is 1.37. The Kier molecular flexibility index (Phi) is 3.42. The molecule has 0 aliphatic heterocycles. The second kappa shape index (κ2) is 4.37. The number of carbonyl (C=O) groups is 1. The quantitative estimate of drug-likeness (QED) is 0.590. The Morgan fingerprint density at radius 3 is 2.85 bits per heavy atom. The van der Waals surface area contributed by atoms with Crippen molar-refractivity contribution in [2.24, 2.45) is 0 Å². The van der Waals surface area contributed by atoms with Gasteiger partial charge in [-0.05, 0) is 19.1 Å². The summed E-state index contributed by atoms with van der Waals surface area (Å²) in [6.07, 6.45) is 0. The van der Waals surface area contributed by atoms with Crippen LogP contribution in [0.2, 0.25) is 0 Å². The molecule has 1 aromatic heterocycles. The zero-order valence-corrected chi connectivity index (χ0v) is 9.09. The highest BCUT2D eigenvalue weighted by Crippen LogP contribution is 2.09. The molecule has 1 aromatic rings. The van der Waals surface area contributed by atoms with Crippen molar-refractivity contribution in [1.82, 2.24) is 4.98 Å². The average Bonchev–Trinajstić information content (AvgIpc) is 2.15. The van der Waals surface area contributed by atoms with Gasteiger partial charge in [0.25, 0.3) is 0 Å². The van der Waals surface area contributed by atoms with Crippen molar-refractivity contribution in [3.05, 3.63) is 29.1 Å². The van der Waals surface area contributed by atoms with Crippen molar-refractivity contribution in [3.8, 4) is 0 Å². The van der Waals surface area contributed by atoms with E-state index in [1.165, 1.54) is 7.11 Å². The van der Waals surface area contributed by atoms with Crippen LogP contribution in [0.4, 0.5) is 0 Å². The van der Waals surface area contributed by atoms with Gasteiger partial charge in [0.1, 0.15) is 0 Å². The van der Waals surface area contributed by atoms with E-state index in [4.69, 9.17) is 0 Å². The molecule has 13 heavy (non-hydrogen) atoms. The Bertz CT molecular complexity index is 325. The number of carbonyl (C=O) groups excluding carboxylic acids is 1. The Morgan fingerprint density at radius 1 is 1.62 bits per heavy atom. The smallest absolute Gasteiger partial charge is 0.337 e. The van der Waals surface area contributed by atoms with Gasteiger partial charge in [-0.2, -0.15) is 0 Å². The Morgan fingerprint density at radius 2 is 2.31 bits per heavy atom. The fraction of sp³-hybridized carbons (Fsp3) is 0.333. The summed E-state index contributed by atoms with van der Waals surface area (Å²) in [6.45, 7) is 1.85. The molecule has 0 spiro atoms. The van der Waals surface area contributed by atoms with Gasteiger partial charge in [-0.15, -0.1) is 0 Å². The van der Waals surface area contributed by atoms with Gasteiger partial charge in [-0.25, -0.2) is 4.79 Å². The number of hydrogen-bond acceptors (Lipinski definition) is 3. The molecule has 0 amide bonds. The molecule has 0 aromatic carbocycles. The van der Waals surface area contributed by atoms with Crippen molar-refractivity contribution in [2.45, 2.75) is 12.3 Å². The summed E-state index contributed by atoms with van der Waals surface area (Å²) in [6, 6.07) is 3.42. The summed E-state index contributed by atoms with van der Waals surface area (Å²) < 4.78 is 4.61. The lowest BCUT2D eigenvalue weighted by Gasteiger charge is -2.02. The number of halogens is 1. The van der Waals surface area contributed by atoms with Gasteiger partial charge in [0, 0.05) is 11.0 Å². The highest BCUT2D eigenvalue weighted by atomic mass is 79.9. The Hall–Kier alpha value is -0.900. The fourth-order valence-corrected chi connectivity index (χ4v) is 1.33. The van der Waals surface area contributed by atoms with Gasteiger partial charge >= 0.3 is 5.97 Å². The van der Waals surface area contributed by atoms with E-state index < -0.39 is 0 Å². The largest absolute Gasteiger partial charge is 0.465 e. The number of alkyl halides is 1. The number of hydrogen-bond donors (Lipinski definition) is 0. The van der Waals surface area contributed by atoms with Crippen LogP contribution in [0.3, 0.4) is 0 Å². The molecule has 0 saturated heterocycles. The van der Waals surface area contributed by atoms with E-state index in [1.807, 2.05) is 6.92 Å². The summed E-state index contributed by atoms with van der Waals surface area (Å²) in [5, 5.41) is 0.638. The molecule has 0 aliphatic rings. The summed E-state index contributed by atoms with van der Waals surface area (Å²) in [4.78, 5) is 15.4. The van der Waals surface area contributed by atoms with E-state index in [1.54, 1.807) is 12.1 Å². The minimum Gasteiger partial charge on any atom is -0.465 e. The maximum atomic E-state index is 11.2. The summed E-state index contributed by atoms with van der Waals surface area (Å²) in [5.74, 6) is -0.326. The maximum absolute atomic E-state index is 11.2. The maximum Gasteiger partial charge on any atom is 0.337 e.